The number of aliphatic hydroxyl groups is 2. The minimum atomic E-state index is -4.78. The van der Waals surface area contributed by atoms with Crippen molar-refractivity contribution in [2.75, 3.05) is 19.7 Å². The maximum Gasteiger partial charge on any atom is 0.573 e. The maximum absolute atomic E-state index is 12.5. The number of alkyl halides is 3. The first-order valence-corrected chi connectivity index (χ1v) is 8.35. The number of halogens is 3. The standard InChI is InChI=1S/C17H20F3NO5/c18-17(19,20)26-12-3-1-11(2-4-12)15(24)21-8-6-16(7-9-21)14(23)13(22)5-10-25-16/h1-4,13-14,22-23H,5-10H2/t13-,14-/m0/s1. The van der Waals surface area contributed by atoms with E-state index in [1.54, 1.807) is 4.90 Å². The van der Waals surface area contributed by atoms with E-state index in [0.717, 1.165) is 12.1 Å². The van der Waals surface area contributed by atoms with Gasteiger partial charge in [-0.2, -0.15) is 0 Å². The zero-order valence-corrected chi connectivity index (χ0v) is 13.9. The summed E-state index contributed by atoms with van der Waals surface area (Å²) >= 11 is 0. The lowest BCUT2D eigenvalue weighted by Crippen LogP contribution is -2.60. The lowest BCUT2D eigenvalue weighted by molar-refractivity contribution is -0.274. The van der Waals surface area contributed by atoms with Gasteiger partial charge in [0.25, 0.3) is 5.91 Å². The summed E-state index contributed by atoms with van der Waals surface area (Å²) in [5.41, 5.74) is -0.598. The van der Waals surface area contributed by atoms with Crippen LogP contribution in [0.2, 0.25) is 0 Å². The minimum Gasteiger partial charge on any atom is -0.406 e. The number of benzene rings is 1. The lowest BCUT2D eigenvalue weighted by Gasteiger charge is -2.48. The predicted octanol–water partition coefficient (Wildman–Crippen LogP) is 1.70. The van der Waals surface area contributed by atoms with Crippen LogP contribution >= 0.6 is 0 Å². The van der Waals surface area contributed by atoms with E-state index in [4.69, 9.17) is 4.74 Å². The summed E-state index contributed by atoms with van der Waals surface area (Å²) in [7, 11) is 0. The molecule has 9 heteroatoms. The van der Waals surface area contributed by atoms with Crippen molar-refractivity contribution in [3.05, 3.63) is 29.8 Å². The third-order valence-corrected chi connectivity index (χ3v) is 4.94. The summed E-state index contributed by atoms with van der Waals surface area (Å²) in [5.74, 6) is -0.705. The molecule has 2 heterocycles. The van der Waals surface area contributed by atoms with Crippen molar-refractivity contribution < 1.29 is 37.7 Å². The molecule has 2 aliphatic rings. The first kappa shape index (κ1) is 18.9. The van der Waals surface area contributed by atoms with E-state index >= 15 is 0 Å². The summed E-state index contributed by atoms with van der Waals surface area (Å²) in [4.78, 5) is 14.1. The van der Waals surface area contributed by atoms with Crippen LogP contribution in [0.5, 0.6) is 5.75 Å². The van der Waals surface area contributed by atoms with E-state index in [9.17, 15) is 28.2 Å². The SMILES string of the molecule is O=C(c1ccc(OC(F)(F)F)cc1)N1CCC2(CC1)OCC[C@H](O)[C@@H]2O. The van der Waals surface area contributed by atoms with Gasteiger partial charge in [-0.3, -0.25) is 4.79 Å². The first-order valence-electron chi connectivity index (χ1n) is 8.35. The second-order valence-corrected chi connectivity index (χ2v) is 6.58. The number of carbonyl (C=O) groups excluding carboxylic acids is 1. The Morgan fingerprint density at radius 2 is 1.81 bits per heavy atom. The number of likely N-dealkylation sites (tertiary alicyclic amines) is 1. The summed E-state index contributed by atoms with van der Waals surface area (Å²) in [5, 5.41) is 20.1. The Hall–Kier alpha value is -1.84. The third-order valence-electron chi connectivity index (χ3n) is 4.94. The minimum absolute atomic E-state index is 0.251. The smallest absolute Gasteiger partial charge is 0.406 e. The van der Waals surface area contributed by atoms with Crippen molar-refractivity contribution in [1.29, 1.82) is 0 Å². The van der Waals surface area contributed by atoms with Gasteiger partial charge >= 0.3 is 6.36 Å². The van der Waals surface area contributed by atoms with Crippen molar-refractivity contribution in [1.82, 2.24) is 4.90 Å². The second-order valence-electron chi connectivity index (χ2n) is 6.58. The van der Waals surface area contributed by atoms with Gasteiger partial charge in [0.2, 0.25) is 0 Å². The number of carbonyl (C=O) groups is 1. The number of hydrogen-bond donors (Lipinski definition) is 2. The van der Waals surface area contributed by atoms with Gasteiger partial charge in [-0.05, 0) is 43.5 Å². The molecule has 6 nitrogen and oxygen atoms in total. The molecule has 2 saturated heterocycles. The Morgan fingerprint density at radius 1 is 1.19 bits per heavy atom. The molecule has 2 fully saturated rings. The van der Waals surface area contributed by atoms with Gasteiger partial charge in [0.15, 0.2) is 0 Å². The third kappa shape index (κ3) is 3.94. The molecule has 1 amide bonds. The van der Waals surface area contributed by atoms with E-state index < -0.39 is 24.2 Å². The average Bonchev–Trinajstić information content (AvgIpc) is 2.59. The van der Waals surface area contributed by atoms with Crippen molar-refractivity contribution in [3.63, 3.8) is 0 Å². The van der Waals surface area contributed by atoms with Gasteiger partial charge in [-0.25, -0.2) is 0 Å². The number of ether oxygens (including phenoxy) is 2. The number of amides is 1. The van der Waals surface area contributed by atoms with Crippen LogP contribution in [0.15, 0.2) is 24.3 Å². The quantitative estimate of drug-likeness (QED) is 0.823. The number of aliphatic hydroxyl groups excluding tert-OH is 2. The fourth-order valence-corrected chi connectivity index (χ4v) is 3.49. The molecule has 1 aromatic rings. The fraction of sp³-hybridized carbons (Fsp3) is 0.588. The van der Waals surface area contributed by atoms with Crippen LogP contribution in [-0.2, 0) is 4.74 Å². The summed E-state index contributed by atoms with van der Waals surface area (Å²) < 4.78 is 46.0. The molecule has 0 bridgehead atoms. The average molecular weight is 375 g/mol. The summed E-state index contributed by atoms with van der Waals surface area (Å²) in [6, 6.07) is 4.75. The lowest BCUT2D eigenvalue weighted by atomic mass is 9.80. The highest BCUT2D eigenvalue weighted by molar-refractivity contribution is 5.94. The molecule has 1 aromatic carbocycles. The van der Waals surface area contributed by atoms with Gasteiger partial charge in [0.05, 0.1) is 18.3 Å². The molecular formula is C17H20F3NO5. The molecule has 0 saturated carbocycles. The number of hydrogen-bond acceptors (Lipinski definition) is 5. The number of nitrogens with zero attached hydrogens (tertiary/aromatic N) is 1. The van der Waals surface area contributed by atoms with Crippen LogP contribution in [0.1, 0.15) is 29.6 Å². The molecule has 2 atom stereocenters. The molecule has 0 aliphatic carbocycles. The molecule has 2 N–H and O–H groups in total. The van der Waals surface area contributed by atoms with Crippen molar-refractivity contribution >= 4 is 5.91 Å². The van der Waals surface area contributed by atoms with Crippen LogP contribution in [-0.4, -0.2) is 64.9 Å². The van der Waals surface area contributed by atoms with Gasteiger partial charge in [0.1, 0.15) is 11.9 Å². The highest BCUT2D eigenvalue weighted by Gasteiger charge is 2.48. The van der Waals surface area contributed by atoms with Crippen molar-refractivity contribution in [2.45, 2.75) is 43.4 Å². The maximum atomic E-state index is 12.5. The fourth-order valence-electron chi connectivity index (χ4n) is 3.49. The van der Waals surface area contributed by atoms with Crippen molar-refractivity contribution in [2.24, 2.45) is 0 Å². The van der Waals surface area contributed by atoms with Gasteiger partial charge < -0.3 is 24.6 Å². The molecule has 2 aliphatic heterocycles. The van der Waals surface area contributed by atoms with Gasteiger partial charge in [-0.1, -0.05) is 0 Å². The number of piperidine rings is 1. The molecule has 0 radical (unpaired) electrons. The van der Waals surface area contributed by atoms with E-state index in [1.165, 1.54) is 12.1 Å². The second kappa shape index (κ2) is 7.05. The molecule has 0 aromatic heterocycles. The molecule has 1 spiro atoms. The Morgan fingerprint density at radius 3 is 2.38 bits per heavy atom. The number of rotatable bonds is 2. The zero-order chi connectivity index (χ0) is 18.9. The van der Waals surface area contributed by atoms with E-state index in [-0.39, 0.29) is 17.2 Å². The van der Waals surface area contributed by atoms with Crippen LogP contribution < -0.4 is 4.74 Å². The van der Waals surface area contributed by atoms with Crippen LogP contribution in [0.3, 0.4) is 0 Å². The van der Waals surface area contributed by atoms with E-state index in [2.05, 4.69) is 4.74 Å². The monoisotopic (exact) mass is 375 g/mol. The predicted molar refractivity (Wildman–Crippen MR) is 83.6 cm³/mol. The van der Waals surface area contributed by atoms with Crippen LogP contribution in [0.4, 0.5) is 13.2 Å². The van der Waals surface area contributed by atoms with E-state index in [0.29, 0.717) is 39.0 Å². The highest BCUT2D eigenvalue weighted by atomic mass is 19.4. The molecular weight excluding hydrogens is 355 g/mol. The zero-order valence-electron chi connectivity index (χ0n) is 13.9. The Bertz CT molecular complexity index is 641. The van der Waals surface area contributed by atoms with E-state index in [1.807, 2.05) is 0 Å². The largest absolute Gasteiger partial charge is 0.573 e. The molecule has 26 heavy (non-hydrogen) atoms. The topological polar surface area (TPSA) is 79.2 Å². The first-order chi connectivity index (χ1) is 12.2. The molecule has 0 unspecified atom stereocenters. The Kier molecular flexibility index (Phi) is 5.14. The molecule has 144 valence electrons. The normalized spacial score (nSPS) is 26.0. The summed E-state index contributed by atoms with van der Waals surface area (Å²) in [6.07, 6.45) is -5.48. The Balaban J connectivity index is 1.62. The highest BCUT2D eigenvalue weighted by Crippen LogP contribution is 2.36. The van der Waals surface area contributed by atoms with Gasteiger partial charge in [0, 0.05) is 18.7 Å². The van der Waals surface area contributed by atoms with Crippen molar-refractivity contribution in [3.8, 4) is 5.75 Å². The summed E-state index contributed by atoms with van der Waals surface area (Å²) in [6.45, 7) is 1.000. The van der Waals surface area contributed by atoms with Crippen LogP contribution in [0.25, 0.3) is 0 Å². The molecule has 3 rings (SSSR count). The Labute approximate surface area is 148 Å². The van der Waals surface area contributed by atoms with Gasteiger partial charge in [-0.15, -0.1) is 13.2 Å². The van der Waals surface area contributed by atoms with Crippen LogP contribution in [0, 0.1) is 0 Å².